The molecule has 1 aromatic rings. The third-order valence-electron chi connectivity index (χ3n) is 2.81. The Balaban J connectivity index is 2.65. The van der Waals surface area contributed by atoms with E-state index in [1.807, 2.05) is 37.3 Å². The van der Waals surface area contributed by atoms with Crippen molar-refractivity contribution in [2.75, 3.05) is 13.2 Å². The lowest BCUT2D eigenvalue weighted by molar-refractivity contribution is 0.0977. The van der Waals surface area contributed by atoms with Gasteiger partial charge >= 0.3 is 7.82 Å². The van der Waals surface area contributed by atoms with Gasteiger partial charge in [0, 0.05) is 0 Å². The number of allylic oxidation sites excluding steroid dienone is 1. The minimum Gasteiger partial charge on any atom is -0.287 e. The van der Waals surface area contributed by atoms with Crippen LogP contribution in [0.15, 0.2) is 42.5 Å². The molecular weight excluding hydrogens is 287 g/mol. The summed E-state index contributed by atoms with van der Waals surface area (Å²) in [4.78, 5) is 0. The van der Waals surface area contributed by atoms with E-state index in [-0.39, 0.29) is 6.10 Å². The fourth-order valence-electron chi connectivity index (χ4n) is 1.93. The van der Waals surface area contributed by atoms with Crippen LogP contribution in [-0.4, -0.2) is 19.3 Å². The predicted octanol–water partition coefficient (Wildman–Crippen LogP) is 4.76. The molecule has 5 heteroatoms. The van der Waals surface area contributed by atoms with Crippen LogP contribution in [-0.2, 0) is 24.6 Å². The largest absolute Gasteiger partial charge is 0.475 e. The van der Waals surface area contributed by atoms with Crippen molar-refractivity contribution in [3.63, 3.8) is 0 Å². The molecule has 1 atom stereocenters. The Bertz CT molecular complexity index is 449. The Morgan fingerprint density at radius 1 is 1.14 bits per heavy atom. The van der Waals surface area contributed by atoms with Gasteiger partial charge in [-0.15, -0.1) is 0 Å². The van der Waals surface area contributed by atoms with Crippen LogP contribution in [0.2, 0.25) is 0 Å². The average Bonchev–Trinajstić information content (AvgIpc) is 2.46. The van der Waals surface area contributed by atoms with E-state index in [4.69, 9.17) is 13.6 Å². The van der Waals surface area contributed by atoms with Crippen LogP contribution in [0.3, 0.4) is 0 Å². The molecule has 118 valence electrons. The third-order valence-corrected chi connectivity index (χ3v) is 4.48. The lowest BCUT2D eigenvalue weighted by Crippen LogP contribution is -2.12. The van der Waals surface area contributed by atoms with Gasteiger partial charge in [-0.25, -0.2) is 4.57 Å². The van der Waals surface area contributed by atoms with Crippen molar-refractivity contribution in [3.05, 3.63) is 48.0 Å². The molecule has 0 fully saturated rings. The fourth-order valence-corrected chi connectivity index (χ4v) is 3.27. The van der Waals surface area contributed by atoms with Gasteiger partial charge in [-0.1, -0.05) is 42.5 Å². The van der Waals surface area contributed by atoms with Crippen molar-refractivity contribution < 1.29 is 18.1 Å². The van der Waals surface area contributed by atoms with Crippen molar-refractivity contribution in [3.8, 4) is 0 Å². The normalized spacial score (nSPS) is 13.7. The first-order valence-corrected chi connectivity index (χ1v) is 8.83. The Hall–Kier alpha value is -0.930. The van der Waals surface area contributed by atoms with E-state index in [0.717, 1.165) is 12.8 Å². The second-order valence-electron chi connectivity index (χ2n) is 4.48. The SMILES string of the molecule is C/C=C\[C@H](CCc1ccccc1)OP(=O)(OCC)OCC. The van der Waals surface area contributed by atoms with E-state index >= 15 is 0 Å². The highest BCUT2D eigenvalue weighted by atomic mass is 31.2. The van der Waals surface area contributed by atoms with E-state index in [1.54, 1.807) is 13.8 Å². The molecule has 0 aromatic heterocycles. The standard InChI is InChI=1S/C16H25O4P/c1-4-10-16(14-13-15-11-8-7-9-12-15)20-21(17,18-5-2)19-6-3/h4,7-12,16H,5-6,13-14H2,1-3H3/b10-4-/t16-/m1/s1. The first kappa shape index (κ1) is 18.1. The van der Waals surface area contributed by atoms with Gasteiger partial charge in [0.2, 0.25) is 0 Å². The number of phosphoric acid groups is 1. The average molecular weight is 312 g/mol. The van der Waals surface area contributed by atoms with Crippen molar-refractivity contribution in [2.45, 2.75) is 39.7 Å². The maximum absolute atomic E-state index is 12.4. The van der Waals surface area contributed by atoms with E-state index in [9.17, 15) is 4.57 Å². The van der Waals surface area contributed by atoms with Crippen LogP contribution in [0.5, 0.6) is 0 Å². The zero-order valence-corrected chi connectivity index (χ0v) is 13.9. The lowest BCUT2D eigenvalue weighted by atomic mass is 10.1. The maximum atomic E-state index is 12.4. The third kappa shape index (κ3) is 7.05. The Labute approximate surface area is 127 Å². The molecule has 21 heavy (non-hydrogen) atoms. The molecule has 0 saturated carbocycles. The van der Waals surface area contributed by atoms with Crippen molar-refractivity contribution in [2.24, 2.45) is 0 Å². The van der Waals surface area contributed by atoms with Gasteiger partial charge in [-0.05, 0) is 39.2 Å². The van der Waals surface area contributed by atoms with E-state index in [2.05, 4.69) is 12.1 Å². The summed E-state index contributed by atoms with van der Waals surface area (Å²) in [6.45, 7) is 6.02. The lowest BCUT2D eigenvalue weighted by Gasteiger charge is -2.21. The number of hydrogen-bond acceptors (Lipinski definition) is 4. The summed E-state index contributed by atoms with van der Waals surface area (Å²) in [5.74, 6) is 0. The number of phosphoric ester groups is 1. The summed E-state index contributed by atoms with van der Waals surface area (Å²) in [6.07, 6.45) is 5.04. The van der Waals surface area contributed by atoms with Gasteiger partial charge in [0.25, 0.3) is 0 Å². The Morgan fingerprint density at radius 3 is 2.29 bits per heavy atom. The molecule has 0 aliphatic carbocycles. The number of rotatable bonds is 10. The van der Waals surface area contributed by atoms with E-state index in [0.29, 0.717) is 13.2 Å². The molecule has 0 aliphatic rings. The molecule has 0 radical (unpaired) electrons. The van der Waals surface area contributed by atoms with Gasteiger partial charge in [0.05, 0.1) is 19.3 Å². The zero-order valence-electron chi connectivity index (χ0n) is 13.0. The highest BCUT2D eigenvalue weighted by Crippen LogP contribution is 2.50. The molecule has 0 saturated heterocycles. The highest BCUT2D eigenvalue weighted by molar-refractivity contribution is 7.48. The van der Waals surface area contributed by atoms with Gasteiger partial charge in [0.1, 0.15) is 0 Å². The summed E-state index contributed by atoms with van der Waals surface area (Å²) in [7, 11) is -3.48. The van der Waals surface area contributed by atoms with Gasteiger partial charge in [-0.2, -0.15) is 0 Å². The van der Waals surface area contributed by atoms with Crippen LogP contribution in [0, 0.1) is 0 Å². The zero-order chi connectivity index (χ0) is 15.6. The summed E-state index contributed by atoms with van der Waals surface area (Å²) in [6, 6.07) is 10.1. The highest BCUT2D eigenvalue weighted by Gasteiger charge is 2.28. The Kier molecular flexibility index (Phi) is 8.55. The Morgan fingerprint density at radius 2 is 1.76 bits per heavy atom. The minimum absolute atomic E-state index is 0.290. The summed E-state index contributed by atoms with van der Waals surface area (Å²) in [5, 5.41) is 0. The fraction of sp³-hybridized carbons (Fsp3) is 0.500. The molecule has 0 N–H and O–H groups in total. The van der Waals surface area contributed by atoms with Crippen LogP contribution in [0.25, 0.3) is 0 Å². The smallest absolute Gasteiger partial charge is 0.287 e. The topological polar surface area (TPSA) is 44.8 Å². The minimum atomic E-state index is -3.48. The first-order chi connectivity index (χ1) is 10.1. The molecule has 0 heterocycles. The summed E-state index contributed by atoms with van der Waals surface area (Å²) in [5.41, 5.74) is 1.22. The number of benzene rings is 1. The first-order valence-electron chi connectivity index (χ1n) is 7.37. The van der Waals surface area contributed by atoms with Crippen LogP contribution >= 0.6 is 7.82 Å². The van der Waals surface area contributed by atoms with Crippen LogP contribution in [0.1, 0.15) is 32.8 Å². The molecular formula is C16H25O4P. The van der Waals surface area contributed by atoms with Gasteiger partial charge in [-0.3, -0.25) is 13.6 Å². The quantitative estimate of drug-likeness (QED) is 0.461. The summed E-state index contributed by atoms with van der Waals surface area (Å²) >= 11 is 0. The molecule has 4 nitrogen and oxygen atoms in total. The predicted molar refractivity (Wildman–Crippen MR) is 85.3 cm³/mol. The second kappa shape index (κ2) is 9.91. The second-order valence-corrected chi connectivity index (χ2v) is 6.10. The monoisotopic (exact) mass is 312 g/mol. The molecule has 0 amide bonds. The molecule has 0 spiro atoms. The molecule has 0 unspecified atom stereocenters. The molecule has 1 rings (SSSR count). The number of hydrogen-bond donors (Lipinski definition) is 0. The van der Waals surface area contributed by atoms with Crippen LogP contribution < -0.4 is 0 Å². The van der Waals surface area contributed by atoms with E-state index < -0.39 is 7.82 Å². The van der Waals surface area contributed by atoms with E-state index in [1.165, 1.54) is 5.56 Å². The van der Waals surface area contributed by atoms with Gasteiger partial charge in [0.15, 0.2) is 0 Å². The van der Waals surface area contributed by atoms with Crippen molar-refractivity contribution in [1.29, 1.82) is 0 Å². The molecule has 0 aliphatic heterocycles. The van der Waals surface area contributed by atoms with Crippen LogP contribution in [0.4, 0.5) is 0 Å². The van der Waals surface area contributed by atoms with Gasteiger partial charge < -0.3 is 0 Å². The summed E-state index contributed by atoms with van der Waals surface area (Å²) < 4.78 is 28.4. The number of aryl methyl sites for hydroxylation is 1. The molecule has 0 bridgehead atoms. The maximum Gasteiger partial charge on any atom is 0.475 e. The van der Waals surface area contributed by atoms with Crippen molar-refractivity contribution >= 4 is 7.82 Å². The van der Waals surface area contributed by atoms with Crippen molar-refractivity contribution in [1.82, 2.24) is 0 Å². The molecule has 1 aromatic carbocycles.